The summed E-state index contributed by atoms with van der Waals surface area (Å²) < 4.78 is 0. The molecule has 0 aliphatic carbocycles. The summed E-state index contributed by atoms with van der Waals surface area (Å²) in [6.45, 7) is 4.23. The van der Waals surface area contributed by atoms with Crippen LogP contribution in [0, 0.1) is 5.92 Å². The fraction of sp³-hybridized carbons (Fsp3) is 0.467. The van der Waals surface area contributed by atoms with Crippen molar-refractivity contribution in [3.8, 4) is 0 Å². The van der Waals surface area contributed by atoms with Crippen LogP contribution >= 0.6 is 0 Å². The molecule has 0 spiro atoms. The second-order valence-corrected chi connectivity index (χ2v) is 5.14. The van der Waals surface area contributed by atoms with Crippen molar-refractivity contribution in [3.05, 3.63) is 35.9 Å². The fourth-order valence-corrected chi connectivity index (χ4v) is 2.71. The molecule has 3 atom stereocenters. The Balaban J connectivity index is 2.11. The van der Waals surface area contributed by atoms with Gasteiger partial charge in [-0.3, -0.25) is 9.59 Å². The van der Waals surface area contributed by atoms with Crippen LogP contribution in [-0.4, -0.2) is 34.5 Å². The zero-order valence-electron chi connectivity index (χ0n) is 11.2. The van der Waals surface area contributed by atoms with Gasteiger partial charge in [0.2, 0.25) is 5.91 Å². The molecule has 1 saturated heterocycles. The maximum Gasteiger partial charge on any atom is 0.308 e. The number of carboxylic acids is 1. The van der Waals surface area contributed by atoms with Crippen molar-refractivity contribution in [1.82, 2.24) is 4.90 Å². The first-order valence-corrected chi connectivity index (χ1v) is 6.60. The minimum absolute atomic E-state index is 0.0162. The number of carbonyl (C=O) groups is 2. The summed E-state index contributed by atoms with van der Waals surface area (Å²) in [5.74, 6) is -1.46. The molecule has 102 valence electrons. The molecule has 2 unspecified atom stereocenters. The van der Waals surface area contributed by atoms with Gasteiger partial charge in [-0.05, 0) is 25.8 Å². The lowest BCUT2D eigenvalue weighted by atomic mass is 9.98. The fourth-order valence-electron chi connectivity index (χ4n) is 2.71. The molecule has 0 bridgehead atoms. The maximum absolute atomic E-state index is 12.5. The Kier molecular flexibility index (Phi) is 3.88. The molecular weight excluding hydrogens is 242 g/mol. The highest BCUT2D eigenvalue weighted by Crippen LogP contribution is 2.28. The summed E-state index contributed by atoms with van der Waals surface area (Å²) in [7, 11) is 0. The van der Waals surface area contributed by atoms with Crippen LogP contribution in [0.25, 0.3) is 0 Å². The molecule has 0 aromatic heterocycles. The Hall–Kier alpha value is -1.84. The standard InChI is InChI=1S/C15H19NO3/c1-10(12-6-4-3-5-7-12)14(17)16-9-8-13(11(16)2)15(18)19/h3-7,10-11,13H,8-9H2,1-2H3,(H,18,19)/t10-,11?,13?/m0/s1. The summed E-state index contributed by atoms with van der Waals surface area (Å²) in [6.07, 6.45) is 0.545. The van der Waals surface area contributed by atoms with Gasteiger partial charge in [0, 0.05) is 12.6 Å². The smallest absolute Gasteiger partial charge is 0.308 e. The van der Waals surface area contributed by atoms with E-state index in [1.54, 1.807) is 4.90 Å². The molecule has 0 radical (unpaired) electrons. The quantitative estimate of drug-likeness (QED) is 0.906. The number of rotatable bonds is 3. The minimum Gasteiger partial charge on any atom is -0.481 e. The molecule has 1 N–H and O–H groups in total. The molecule has 4 heteroatoms. The highest BCUT2D eigenvalue weighted by Gasteiger charge is 2.39. The van der Waals surface area contributed by atoms with E-state index in [1.807, 2.05) is 44.2 Å². The van der Waals surface area contributed by atoms with E-state index in [0.717, 1.165) is 5.56 Å². The number of amides is 1. The molecule has 0 saturated carbocycles. The van der Waals surface area contributed by atoms with Crippen LogP contribution in [0.15, 0.2) is 30.3 Å². The second-order valence-electron chi connectivity index (χ2n) is 5.14. The van der Waals surface area contributed by atoms with Gasteiger partial charge in [0.05, 0.1) is 11.8 Å². The van der Waals surface area contributed by atoms with Crippen LogP contribution in [0.4, 0.5) is 0 Å². The SMILES string of the molecule is CC1C(C(=O)O)CCN1C(=O)[C@@H](C)c1ccccc1. The molecule has 1 fully saturated rings. The van der Waals surface area contributed by atoms with Gasteiger partial charge >= 0.3 is 5.97 Å². The highest BCUT2D eigenvalue weighted by molar-refractivity contribution is 5.85. The Labute approximate surface area is 113 Å². The number of hydrogen-bond donors (Lipinski definition) is 1. The van der Waals surface area contributed by atoms with Crippen molar-refractivity contribution in [1.29, 1.82) is 0 Å². The molecule has 2 rings (SSSR count). The van der Waals surface area contributed by atoms with Crippen molar-refractivity contribution in [2.75, 3.05) is 6.54 Å². The number of hydrogen-bond acceptors (Lipinski definition) is 2. The second kappa shape index (κ2) is 5.43. The van der Waals surface area contributed by atoms with Gasteiger partial charge in [-0.15, -0.1) is 0 Å². The van der Waals surface area contributed by atoms with E-state index >= 15 is 0 Å². The average molecular weight is 261 g/mol. The topological polar surface area (TPSA) is 57.6 Å². The molecule has 1 aliphatic heterocycles. The van der Waals surface area contributed by atoms with E-state index in [4.69, 9.17) is 5.11 Å². The Morgan fingerprint density at radius 3 is 2.47 bits per heavy atom. The predicted octanol–water partition coefficient (Wildman–Crippen LogP) is 2.11. The molecule has 4 nitrogen and oxygen atoms in total. The monoisotopic (exact) mass is 261 g/mol. The number of nitrogens with zero attached hydrogens (tertiary/aromatic N) is 1. The van der Waals surface area contributed by atoms with Crippen LogP contribution in [-0.2, 0) is 9.59 Å². The van der Waals surface area contributed by atoms with Gasteiger partial charge < -0.3 is 10.0 Å². The Bertz CT molecular complexity index is 472. The van der Waals surface area contributed by atoms with Crippen LogP contribution in [0.5, 0.6) is 0 Å². The normalized spacial score (nSPS) is 24.2. The van der Waals surface area contributed by atoms with Crippen LogP contribution in [0.1, 0.15) is 31.7 Å². The highest BCUT2D eigenvalue weighted by atomic mass is 16.4. The maximum atomic E-state index is 12.5. The van der Waals surface area contributed by atoms with Crippen molar-refractivity contribution >= 4 is 11.9 Å². The first-order valence-electron chi connectivity index (χ1n) is 6.60. The van der Waals surface area contributed by atoms with E-state index in [-0.39, 0.29) is 17.9 Å². The lowest BCUT2D eigenvalue weighted by molar-refractivity contribution is -0.143. The van der Waals surface area contributed by atoms with E-state index in [0.29, 0.717) is 13.0 Å². The molecular formula is C15H19NO3. The third-order valence-electron chi connectivity index (χ3n) is 4.03. The molecule has 1 aromatic rings. The lowest BCUT2D eigenvalue weighted by Gasteiger charge is -2.26. The number of benzene rings is 1. The Morgan fingerprint density at radius 1 is 1.32 bits per heavy atom. The van der Waals surface area contributed by atoms with E-state index in [1.165, 1.54) is 0 Å². The van der Waals surface area contributed by atoms with Crippen LogP contribution in [0.2, 0.25) is 0 Å². The molecule has 1 aliphatic rings. The van der Waals surface area contributed by atoms with Crippen LogP contribution < -0.4 is 0 Å². The first-order chi connectivity index (χ1) is 9.02. The zero-order valence-corrected chi connectivity index (χ0v) is 11.2. The number of aliphatic carboxylic acids is 1. The third-order valence-corrected chi connectivity index (χ3v) is 4.03. The summed E-state index contributed by atoms with van der Waals surface area (Å²) in [4.78, 5) is 25.2. The number of likely N-dealkylation sites (tertiary alicyclic amines) is 1. The minimum atomic E-state index is -0.810. The predicted molar refractivity (Wildman–Crippen MR) is 71.8 cm³/mol. The van der Waals surface area contributed by atoms with Crippen molar-refractivity contribution in [2.24, 2.45) is 5.92 Å². The average Bonchev–Trinajstić information content (AvgIpc) is 2.80. The van der Waals surface area contributed by atoms with Gasteiger partial charge in [-0.2, -0.15) is 0 Å². The first kappa shape index (κ1) is 13.6. The van der Waals surface area contributed by atoms with Crippen molar-refractivity contribution in [2.45, 2.75) is 32.2 Å². The summed E-state index contributed by atoms with van der Waals surface area (Å²) in [5.41, 5.74) is 0.971. The Morgan fingerprint density at radius 2 is 1.95 bits per heavy atom. The number of carbonyl (C=O) groups excluding carboxylic acids is 1. The van der Waals surface area contributed by atoms with Crippen LogP contribution in [0.3, 0.4) is 0 Å². The van der Waals surface area contributed by atoms with E-state index < -0.39 is 11.9 Å². The third kappa shape index (κ3) is 2.62. The molecule has 1 aromatic carbocycles. The zero-order chi connectivity index (χ0) is 14.0. The molecule has 1 heterocycles. The molecule has 19 heavy (non-hydrogen) atoms. The van der Waals surface area contributed by atoms with E-state index in [2.05, 4.69) is 0 Å². The summed E-state index contributed by atoms with van der Waals surface area (Å²) >= 11 is 0. The van der Waals surface area contributed by atoms with Gasteiger partial charge in [-0.25, -0.2) is 0 Å². The van der Waals surface area contributed by atoms with Gasteiger partial charge in [0.1, 0.15) is 0 Å². The number of carboxylic acid groups (broad SMARTS) is 1. The van der Waals surface area contributed by atoms with Crippen molar-refractivity contribution < 1.29 is 14.7 Å². The van der Waals surface area contributed by atoms with Crippen molar-refractivity contribution in [3.63, 3.8) is 0 Å². The van der Waals surface area contributed by atoms with E-state index in [9.17, 15) is 9.59 Å². The van der Waals surface area contributed by atoms with Gasteiger partial charge in [0.15, 0.2) is 0 Å². The summed E-state index contributed by atoms with van der Waals surface area (Å²) in [6, 6.07) is 9.37. The van der Waals surface area contributed by atoms with Gasteiger partial charge in [0.25, 0.3) is 0 Å². The van der Waals surface area contributed by atoms with Gasteiger partial charge in [-0.1, -0.05) is 30.3 Å². The largest absolute Gasteiger partial charge is 0.481 e. The summed E-state index contributed by atoms with van der Waals surface area (Å²) in [5, 5.41) is 9.10. The molecule has 1 amide bonds. The lowest BCUT2D eigenvalue weighted by Crippen LogP contribution is -2.39.